The summed E-state index contributed by atoms with van der Waals surface area (Å²) in [7, 11) is 0. The van der Waals surface area contributed by atoms with Gasteiger partial charge in [-0.3, -0.25) is 28.8 Å². The standard InChI is InChI=1S/C32H38O10.C31H38O9/c1-15-13-20-31(14-38-20,41-18(4)33)23-26(39-27(36)19-11-9-8-10-12-19)32-25(40-28(37)42-32)22(34)16(2)21(29(32,5)6)17(3)24(35)30(15,23)7;1-15-13-20-30(14-38-20,40-18(4)32)23-26(39-27(36)19-11-9-8-10-12-19)31(37)25(35)22(33)16(2)21(28(31,5)6)17(3)24(34)29(15,23)7/h8-12,15-17,20-21,23,25-26H,13-14H2,1-7H3;8-12,15,17,20,23,25-26,35,37H,13-14H2,1-7H3/t15-,16?,17+,20?,21?,23-,25-,26-,30+,31-,32+;15-,17+,20?,23-,25-,26-,29+,30-,31+/m00/s1. The van der Waals surface area contributed by atoms with Crippen molar-refractivity contribution in [1.29, 1.82) is 0 Å². The zero-order valence-corrected chi connectivity index (χ0v) is 49.0. The van der Waals surface area contributed by atoms with Crippen molar-refractivity contribution < 1.29 is 91.3 Å². The van der Waals surface area contributed by atoms with Gasteiger partial charge in [0, 0.05) is 53.3 Å². The quantitative estimate of drug-likeness (QED) is 0.224. The Labute approximate surface area is 476 Å². The van der Waals surface area contributed by atoms with E-state index in [1.807, 2.05) is 41.5 Å². The third kappa shape index (κ3) is 7.62. The second-order valence-corrected chi connectivity index (χ2v) is 26.5. The fraction of sp³-hybridized carbons (Fsp3) is 0.635. The number of benzene rings is 2. The summed E-state index contributed by atoms with van der Waals surface area (Å²) in [5.74, 6) is -9.73. The topological polar surface area (TPSA) is 268 Å². The first-order valence-corrected chi connectivity index (χ1v) is 28.5. The molecule has 0 radical (unpaired) electrons. The highest BCUT2D eigenvalue weighted by atomic mass is 16.8. The molecule has 0 aromatic heterocycles. The van der Waals surface area contributed by atoms with Crippen molar-refractivity contribution in [2.45, 2.75) is 169 Å². The normalized spacial score (nSPS) is 43.5. The van der Waals surface area contributed by atoms with E-state index in [0.717, 1.165) is 0 Å². The summed E-state index contributed by atoms with van der Waals surface area (Å²) < 4.78 is 48.4. The van der Waals surface area contributed by atoms with Crippen LogP contribution in [0, 0.1) is 69.0 Å². The molecule has 3 heterocycles. The lowest BCUT2D eigenvalue weighted by Crippen LogP contribution is -2.83. The molecule has 8 fully saturated rings. The lowest BCUT2D eigenvalue weighted by molar-refractivity contribution is -0.343. The molecule has 4 bridgehead atoms. The molecule has 3 aliphatic heterocycles. The zero-order chi connectivity index (χ0) is 60.1. The van der Waals surface area contributed by atoms with Crippen LogP contribution in [0.25, 0.3) is 0 Å². The van der Waals surface area contributed by atoms with Crippen molar-refractivity contribution >= 4 is 53.2 Å². The van der Waals surface area contributed by atoms with Gasteiger partial charge in [-0.1, -0.05) is 113 Å². The summed E-state index contributed by atoms with van der Waals surface area (Å²) in [6.45, 7) is 23.6. The fourth-order valence-corrected chi connectivity index (χ4v) is 18.0. The Hall–Kier alpha value is -6.15. The largest absolute Gasteiger partial charge is 0.510 e. The number of ether oxygens (including phenoxy) is 8. The summed E-state index contributed by atoms with van der Waals surface area (Å²) in [5.41, 5.74) is -11.0. The third-order valence-corrected chi connectivity index (χ3v) is 22.2. The maximum Gasteiger partial charge on any atom is 0.510 e. The molecule has 442 valence electrons. The van der Waals surface area contributed by atoms with Crippen LogP contribution in [0.15, 0.2) is 71.8 Å². The van der Waals surface area contributed by atoms with Crippen molar-refractivity contribution in [3.63, 3.8) is 0 Å². The van der Waals surface area contributed by atoms with Gasteiger partial charge < -0.3 is 48.1 Å². The zero-order valence-electron chi connectivity index (χ0n) is 49.0. The highest BCUT2D eigenvalue weighted by Crippen LogP contribution is 2.70. The Bertz CT molecular complexity index is 3090. The van der Waals surface area contributed by atoms with Gasteiger partial charge in [-0.05, 0) is 72.9 Å². The molecular weight excluding hydrogens is 1060 g/mol. The summed E-state index contributed by atoms with van der Waals surface area (Å²) >= 11 is 0. The van der Waals surface area contributed by atoms with Crippen LogP contribution >= 0.6 is 0 Å². The molecule has 0 amide bonds. The first-order valence-electron chi connectivity index (χ1n) is 28.5. The van der Waals surface area contributed by atoms with E-state index in [9.17, 15) is 53.4 Å². The highest BCUT2D eigenvalue weighted by molar-refractivity contribution is 6.04. The van der Waals surface area contributed by atoms with Crippen molar-refractivity contribution in [3.8, 4) is 0 Å². The van der Waals surface area contributed by atoms with E-state index < -0.39 is 158 Å². The second kappa shape index (κ2) is 19.5. The van der Waals surface area contributed by atoms with Gasteiger partial charge in [-0.25, -0.2) is 14.4 Å². The number of rotatable bonds is 6. The number of hydrogen-bond acceptors (Lipinski definition) is 19. The summed E-state index contributed by atoms with van der Waals surface area (Å²) in [6, 6.07) is 16.5. The molecule has 20 atom stereocenters. The Morgan fingerprint density at radius 1 is 0.634 bits per heavy atom. The first-order chi connectivity index (χ1) is 38.2. The molecule has 82 heavy (non-hydrogen) atoms. The minimum Gasteiger partial charge on any atom is -0.455 e. The van der Waals surface area contributed by atoms with E-state index in [2.05, 4.69) is 0 Å². The number of hydrogen-bond donors (Lipinski definition) is 2. The van der Waals surface area contributed by atoms with E-state index in [-0.39, 0.29) is 53.3 Å². The van der Waals surface area contributed by atoms with Gasteiger partial charge in [-0.15, -0.1) is 0 Å². The number of esters is 4. The van der Waals surface area contributed by atoms with Crippen LogP contribution in [0.1, 0.15) is 130 Å². The van der Waals surface area contributed by atoms with Crippen molar-refractivity contribution in [2.24, 2.45) is 69.0 Å². The summed E-state index contributed by atoms with van der Waals surface area (Å²) in [4.78, 5) is 123. The van der Waals surface area contributed by atoms with Gasteiger partial charge >= 0.3 is 30.0 Å². The molecule has 19 nitrogen and oxygen atoms in total. The second-order valence-electron chi connectivity index (χ2n) is 26.5. The highest BCUT2D eigenvalue weighted by Gasteiger charge is 2.84. The van der Waals surface area contributed by atoms with E-state index in [1.54, 1.807) is 102 Å². The molecule has 2 aromatic carbocycles. The van der Waals surface area contributed by atoms with Crippen molar-refractivity contribution in [3.05, 3.63) is 82.9 Å². The Morgan fingerprint density at radius 2 is 1.09 bits per heavy atom. The van der Waals surface area contributed by atoms with Crippen LogP contribution in [-0.2, 0) is 66.7 Å². The number of carbonyl (C=O) groups is 9. The first kappa shape index (κ1) is 59.0. The molecule has 2 aromatic rings. The molecule has 1 spiro atoms. The van der Waals surface area contributed by atoms with Crippen LogP contribution in [0.3, 0.4) is 0 Å². The van der Waals surface area contributed by atoms with Gasteiger partial charge in [0.2, 0.25) is 11.7 Å². The number of Topliss-reactive ketones (excluding diaryl/α,β-unsaturated/α-hetero) is 4. The van der Waals surface area contributed by atoms with Crippen LogP contribution in [0.2, 0.25) is 0 Å². The van der Waals surface area contributed by atoms with Gasteiger partial charge in [0.05, 0.1) is 36.2 Å². The van der Waals surface area contributed by atoms with E-state index in [1.165, 1.54) is 13.8 Å². The van der Waals surface area contributed by atoms with Crippen LogP contribution in [0.5, 0.6) is 0 Å². The predicted octanol–water partition coefficient (Wildman–Crippen LogP) is 6.74. The smallest absolute Gasteiger partial charge is 0.455 e. The lowest BCUT2D eigenvalue weighted by atomic mass is 9.40. The SMILES string of the molecule is CC(=O)O[C@@]12COC1C[C@H](C)[C@@]1(C)C(=O)[C@H](C)C3=C(C)C(=O)[C@H](O)[C@@](O)([C@@H](OC(=O)c4ccccc4)[C@@H]12)C3(C)C.CC(=O)O[C@@]12COC1C[C@H](C)[C@@]1(C)C(=O)[C@H](C)C3C(C)C(=O)[C@@H]4OC(=O)O[C@]4([C@@H](OC(=O)c4ccccc4)[C@@H]12)C3(C)C. The molecule has 3 saturated heterocycles. The minimum absolute atomic E-state index is 0.0466. The van der Waals surface area contributed by atoms with Crippen LogP contribution in [-0.4, -0.2) is 136 Å². The lowest BCUT2D eigenvalue weighted by Gasteiger charge is -2.68. The van der Waals surface area contributed by atoms with E-state index in [0.29, 0.717) is 18.4 Å². The van der Waals surface area contributed by atoms with Gasteiger partial charge in [0.25, 0.3) is 0 Å². The molecule has 11 rings (SSSR count). The number of ketones is 4. The maximum atomic E-state index is 14.9. The number of carbonyl (C=O) groups excluding carboxylic acids is 9. The van der Waals surface area contributed by atoms with E-state index in [4.69, 9.17) is 37.9 Å². The number of aliphatic hydroxyl groups is 2. The van der Waals surface area contributed by atoms with Gasteiger partial charge in [-0.2, -0.15) is 0 Å². The Balaban J connectivity index is 0.000000184. The predicted molar refractivity (Wildman–Crippen MR) is 287 cm³/mol. The minimum atomic E-state index is -2.38. The average molecular weight is 1140 g/mol. The molecular formula is C63H76O19. The molecule has 2 N–H and O–H groups in total. The molecule has 6 aliphatic carbocycles. The Morgan fingerprint density at radius 3 is 1.54 bits per heavy atom. The third-order valence-electron chi connectivity index (χ3n) is 22.2. The van der Waals surface area contributed by atoms with Crippen LogP contribution < -0.4 is 0 Å². The van der Waals surface area contributed by atoms with Crippen LogP contribution in [0.4, 0.5) is 4.79 Å². The maximum absolute atomic E-state index is 14.9. The molecule has 19 heteroatoms. The fourth-order valence-electron chi connectivity index (χ4n) is 18.0. The monoisotopic (exact) mass is 1140 g/mol. The molecule has 9 aliphatic rings. The summed E-state index contributed by atoms with van der Waals surface area (Å²) in [5, 5.41) is 24.4. The molecule has 4 unspecified atom stereocenters. The molecule has 5 saturated carbocycles. The number of aliphatic hydroxyl groups excluding tert-OH is 1. The van der Waals surface area contributed by atoms with E-state index >= 15 is 0 Å². The van der Waals surface area contributed by atoms with Crippen molar-refractivity contribution in [1.82, 2.24) is 0 Å². The van der Waals surface area contributed by atoms with Gasteiger partial charge in [0.1, 0.15) is 41.6 Å². The summed E-state index contributed by atoms with van der Waals surface area (Å²) in [6.07, 6.45) is -7.90. The van der Waals surface area contributed by atoms with Gasteiger partial charge in [0.15, 0.2) is 28.9 Å². The average Bonchev–Trinajstić information content (AvgIpc) is 1.21. The van der Waals surface area contributed by atoms with Crippen molar-refractivity contribution in [2.75, 3.05) is 13.2 Å². The Kier molecular flexibility index (Phi) is 14.0. The number of fused-ring (bicyclic) bond motifs is 9.